The molecule has 0 spiro atoms. The highest BCUT2D eigenvalue weighted by molar-refractivity contribution is 5.14. The van der Waals surface area contributed by atoms with E-state index in [-0.39, 0.29) is 12.2 Å². The molecule has 1 rings (SSSR count). The molecule has 0 saturated carbocycles. The van der Waals surface area contributed by atoms with Crippen molar-refractivity contribution in [1.82, 2.24) is 0 Å². The third kappa shape index (κ3) is 4.45. The normalized spacial score (nSPS) is 14.9. The van der Waals surface area contributed by atoms with Gasteiger partial charge in [0.05, 0.1) is 18.8 Å². The van der Waals surface area contributed by atoms with Crippen molar-refractivity contribution < 1.29 is 9.84 Å². The van der Waals surface area contributed by atoms with Crippen LogP contribution in [0.3, 0.4) is 0 Å². The quantitative estimate of drug-likeness (QED) is 0.778. The molecule has 0 fully saturated rings. The summed E-state index contributed by atoms with van der Waals surface area (Å²) in [6.07, 6.45) is 1.23. The van der Waals surface area contributed by atoms with Gasteiger partial charge in [-0.3, -0.25) is 0 Å². The molecule has 0 heterocycles. The molecular weight excluding hydrogens is 188 g/mol. The molecule has 0 bridgehead atoms. The van der Waals surface area contributed by atoms with Crippen molar-refractivity contribution >= 4 is 0 Å². The van der Waals surface area contributed by atoms with Gasteiger partial charge in [-0.1, -0.05) is 37.3 Å². The summed E-state index contributed by atoms with van der Waals surface area (Å²) in [7, 11) is 0. The number of benzene rings is 1. The summed E-state index contributed by atoms with van der Waals surface area (Å²) in [6.45, 7) is 4.54. The van der Waals surface area contributed by atoms with Crippen LogP contribution in [0.1, 0.15) is 25.8 Å². The van der Waals surface area contributed by atoms with Crippen molar-refractivity contribution in [3.8, 4) is 0 Å². The molecule has 84 valence electrons. The minimum absolute atomic E-state index is 0.0706. The Bertz CT molecular complexity index is 258. The first-order valence-corrected chi connectivity index (χ1v) is 5.57. The van der Waals surface area contributed by atoms with Gasteiger partial charge >= 0.3 is 0 Å². The van der Waals surface area contributed by atoms with Crippen LogP contribution in [-0.4, -0.2) is 23.9 Å². The Hall–Kier alpha value is -0.860. The average Bonchev–Trinajstić information content (AvgIpc) is 2.29. The van der Waals surface area contributed by atoms with Gasteiger partial charge in [-0.05, 0) is 25.3 Å². The lowest BCUT2D eigenvalue weighted by Gasteiger charge is -2.17. The topological polar surface area (TPSA) is 29.5 Å². The van der Waals surface area contributed by atoms with E-state index >= 15 is 0 Å². The van der Waals surface area contributed by atoms with Crippen LogP contribution in [0.25, 0.3) is 0 Å². The molecule has 15 heavy (non-hydrogen) atoms. The molecule has 0 aromatic heterocycles. The minimum atomic E-state index is -0.347. The van der Waals surface area contributed by atoms with E-state index in [0.29, 0.717) is 6.61 Å². The van der Waals surface area contributed by atoms with E-state index in [9.17, 15) is 5.11 Å². The maximum atomic E-state index is 9.50. The van der Waals surface area contributed by atoms with E-state index < -0.39 is 0 Å². The summed E-state index contributed by atoms with van der Waals surface area (Å²) in [6, 6.07) is 10.2. The number of hydrogen-bond donors (Lipinski definition) is 1. The molecule has 1 N–H and O–H groups in total. The van der Waals surface area contributed by atoms with Gasteiger partial charge in [-0.15, -0.1) is 0 Å². The Morgan fingerprint density at radius 3 is 2.53 bits per heavy atom. The van der Waals surface area contributed by atoms with Crippen molar-refractivity contribution in [2.45, 2.75) is 38.9 Å². The lowest BCUT2D eigenvalue weighted by atomic mass is 10.1. The predicted molar refractivity (Wildman–Crippen MR) is 61.9 cm³/mol. The van der Waals surface area contributed by atoms with Crippen LogP contribution in [-0.2, 0) is 11.2 Å². The standard InChI is InChI=1S/C13H20O2/c1-3-13(14)11(2)15-10-9-12-7-5-4-6-8-12/h4-8,11,13-14H,3,9-10H2,1-2H3. The summed E-state index contributed by atoms with van der Waals surface area (Å²) in [5.74, 6) is 0. The molecule has 2 unspecified atom stereocenters. The fraction of sp³-hybridized carbons (Fsp3) is 0.538. The molecule has 0 amide bonds. The largest absolute Gasteiger partial charge is 0.390 e. The Kier molecular flexibility index (Phi) is 5.37. The van der Waals surface area contributed by atoms with Gasteiger partial charge in [-0.2, -0.15) is 0 Å². The third-order valence-corrected chi connectivity index (χ3v) is 2.57. The fourth-order valence-corrected chi connectivity index (χ4v) is 1.45. The molecule has 1 aromatic rings. The van der Waals surface area contributed by atoms with Crippen molar-refractivity contribution in [3.05, 3.63) is 35.9 Å². The van der Waals surface area contributed by atoms with E-state index in [1.165, 1.54) is 5.56 Å². The second-order valence-corrected chi connectivity index (χ2v) is 3.79. The summed E-state index contributed by atoms with van der Waals surface area (Å²) < 4.78 is 5.55. The molecule has 2 nitrogen and oxygen atoms in total. The van der Waals surface area contributed by atoms with Gasteiger partial charge in [0.15, 0.2) is 0 Å². The maximum absolute atomic E-state index is 9.50. The SMILES string of the molecule is CCC(O)C(C)OCCc1ccccc1. The van der Waals surface area contributed by atoms with Crippen LogP contribution in [0.2, 0.25) is 0 Å². The average molecular weight is 208 g/mol. The van der Waals surface area contributed by atoms with Crippen molar-refractivity contribution in [1.29, 1.82) is 0 Å². The first-order valence-electron chi connectivity index (χ1n) is 5.57. The zero-order valence-electron chi connectivity index (χ0n) is 9.52. The number of ether oxygens (including phenoxy) is 1. The summed E-state index contributed by atoms with van der Waals surface area (Å²) in [4.78, 5) is 0. The van der Waals surface area contributed by atoms with Crippen molar-refractivity contribution in [2.75, 3.05) is 6.61 Å². The van der Waals surface area contributed by atoms with Gasteiger partial charge in [0.2, 0.25) is 0 Å². The monoisotopic (exact) mass is 208 g/mol. The second-order valence-electron chi connectivity index (χ2n) is 3.79. The number of aliphatic hydroxyl groups is 1. The van der Waals surface area contributed by atoms with Gasteiger partial charge in [0.25, 0.3) is 0 Å². The van der Waals surface area contributed by atoms with Gasteiger partial charge in [0.1, 0.15) is 0 Å². The minimum Gasteiger partial charge on any atom is -0.390 e. The van der Waals surface area contributed by atoms with Crippen molar-refractivity contribution in [2.24, 2.45) is 0 Å². The van der Waals surface area contributed by atoms with Gasteiger partial charge in [0, 0.05) is 0 Å². The Balaban J connectivity index is 2.22. The van der Waals surface area contributed by atoms with Gasteiger partial charge < -0.3 is 9.84 Å². The molecule has 0 aliphatic rings. The molecule has 2 heteroatoms. The molecular formula is C13H20O2. The van der Waals surface area contributed by atoms with Crippen LogP contribution in [0, 0.1) is 0 Å². The van der Waals surface area contributed by atoms with Crippen LogP contribution in [0.5, 0.6) is 0 Å². The van der Waals surface area contributed by atoms with Crippen LogP contribution in [0.15, 0.2) is 30.3 Å². The zero-order valence-corrected chi connectivity index (χ0v) is 9.52. The Morgan fingerprint density at radius 2 is 1.93 bits per heavy atom. The molecule has 0 aliphatic carbocycles. The van der Waals surface area contributed by atoms with Crippen LogP contribution >= 0.6 is 0 Å². The smallest absolute Gasteiger partial charge is 0.0805 e. The van der Waals surface area contributed by atoms with E-state index in [2.05, 4.69) is 12.1 Å². The first-order chi connectivity index (χ1) is 7.24. The lowest BCUT2D eigenvalue weighted by molar-refractivity contribution is -0.0265. The molecule has 1 aromatic carbocycles. The highest BCUT2D eigenvalue weighted by Gasteiger charge is 2.11. The number of hydrogen-bond acceptors (Lipinski definition) is 2. The summed E-state index contributed by atoms with van der Waals surface area (Å²) >= 11 is 0. The third-order valence-electron chi connectivity index (χ3n) is 2.57. The first kappa shape index (κ1) is 12.2. The summed E-state index contributed by atoms with van der Waals surface area (Å²) in [5, 5.41) is 9.50. The van der Waals surface area contributed by atoms with E-state index in [1.54, 1.807) is 0 Å². The Labute approximate surface area is 91.9 Å². The van der Waals surface area contributed by atoms with Gasteiger partial charge in [-0.25, -0.2) is 0 Å². The fourth-order valence-electron chi connectivity index (χ4n) is 1.45. The van der Waals surface area contributed by atoms with Crippen LogP contribution < -0.4 is 0 Å². The highest BCUT2D eigenvalue weighted by atomic mass is 16.5. The summed E-state index contributed by atoms with van der Waals surface area (Å²) in [5.41, 5.74) is 1.27. The lowest BCUT2D eigenvalue weighted by Crippen LogP contribution is -2.25. The zero-order chi connectivity index (χ0) is 11.1. The molecule has 2 atom stereocenters. The number of rotatable bonds is 6. The Morgan fingerprint density at radius 1 is 1.27 bits per heavy atom. The van der Waals surface area contributed by atoms with E-state index in [0.717, 1.165) is 12.8 Å². The van der Waals surface area contributed by atoms with E-state index in [4.69, 9.17) is 4.74 Å². The molecule has 0 aliphatic heterocycles. The highest BCUT2D eigenvalue weighted by Crippen LogP contribution is 2.05. The van der Waals surface area contributed by atoms with Crippen molar-refractivity contribution in [3.63, 3.8) is 0 Å². The second kappa shape index (κ2) is 6.59. The predicted octanol–water partition coefficient (Wildman–Crippen LogP) is 2.41. The molecule has 0 saturated heterocycles. The number of aliphatic hydroxyl groups excluding tert-OH is 1. The maximum Gasteiger partial charge on any atom is 0.0805 e. The molecule has 0 radical (unpaired) electrons. The van der Waals surface area contributed by atoms with Crippen LogP contribution in [0.4, 0.5) is 0 Å². The van der Waals surface area contributed by atoms with E-state index in [1.807, 2.05) is 32.0 Å².